The summed E-state index contributed by atoms with van der Waals surface area (Å²) in [6, 6.07) is 3.29. The molecule has 1 aromatic heterocycles. The molecule has 0 unspecified atom stereocenters. The number of aliphatic carboxylic acids is 1. The lowest BCUT2D eigenvalue weighted by Gasteiger charge is -2.20. The second-order valence-corrected chi connectivity index (χ2v) is 4.82. The molecule has 1 aromatic rings. The van der Waals surface area contributed by atoms with Crippen LogP contribution in [0.1, 0.15) is 36.8 Å². The number of carbonyl (C=O) groups is 2. The van der Waals surface area contributed by atoms with Crippen LogP contribution in [0.3, 0.4) is 0 Å². The minimum Gasteiger partial charge on any atom is -0.478 e. The molecule has 0 fully saturated rings. The lowest BCUT2D eigenvalue weighted by Crippen LogP contribution is -2.41. The van der Waals surface area contributed by atoms with Crippen LogP contribution in [0.15, 0.2) is 24.4 Å². The Morgan fingerprint density at radius 3 is 2.61 bits per heavy atom. The summed E-state index contributed by atoms with van der Waals surface area (Å²) >= 11 is 0. The third-order valence-electron chi connectivity index (χ3n) is 1.95. The molecule has 5 heteroatoms. The smallest absolute Gasteiger partial charge is 0.328 e. The summed E-state index contributed by atoms with van der Waals surface area (Å²) in [6.07, 6.45) is 3.83. The number of aromatic nitrogens is 1. The Balaban J connectivity index is 3.02. The number of amides is 1. The number of hydrogen-bond acceptors (Lipinski definition) is 3. The molecule has 0 saturated carbocycles. The van der Waals surface area contributed by atoms with Crippen LogP contribution in [0, 0.1) is 0 Å². The van der Waals surface area contributed by atoms with Crippen LogP contribution in [0.2, 0.25) is 0 Å². The molecule has 0 aliphatic carbocycles. The van der Waals surface area contributed by atoms with E-state index in [1.165, 1.54) is 12.3 Å². The van der Waals surface area contributed by atoms with Gasteiger partial charge in [0.05, 0.1) is 0 Å². The average Bonchev–Trinajstić information content (AvgIpc) is 2.24. The number of hydrogen-bond donors (Lipinski definition) is 2. The Morgan fingerprint density at radius 2 is 2.06 bits per heavy atom. The van der Waals surface area contributed by atoms with E-state index < -0.39 is 5.97 Å². The summed E-state index contributed by atoms with van der Waals surface area (Å²) in [5.74, 6) is -1.39. The first-order valence-corrected chi connectivity index (χ1v) is 5.48. The van der Waals surface area contributed by atoms with Gasteiger partial charge < -0.3 is 10.4 Å². The Morgan fingerprint density at radius 1 is 1.39 bits per heavy atom. The average molecular weight is 248 g/mol. The van der Waals surface area contributed by atoms with Crippen molar-refractivity contribution in [3.63, 3.8) is 0 Å². The number of nitrogens with zero attached hydrogens (tertiary/aromatic N) is 1. The van der Waals surface area contributed by atoms with Crippen molar-refractivity contribution in [2.45, 2.75) is 26.3 Å². The Kier molecular flexibility index (Phi) is 4.20. The largest absolute Gasteiger partial charge is 0.478 e. The van der Waals surface area contributed by atoms with Crippen molar-refractivity contribution < 1.29 is 14.7 Å². The summed E-state index contributed by atoms with van der Waals surface area (Å²) in [5, 5.41) is 11.4. The molecule has 5 nitrogen and oxygen atoms in total. The van der Waals surface area contributed by atoms with Gasteiger partial charge in [-0.2, -0.15) is 0 Å². The maximum Gasteiger partial charge on any atom is 0.328 e. The fourth-order valence-electron chi connectivity index (χ4n) is 1.30. The third-order valence-corrected chi connectivity index (χ3v) is 1.95. The number of pyridine rings is 1. The Hall–Kier alpha value is -2.17. The van der Waals surface area contributed by atoms with Gasteiger partial charge >= 0.3 is 5.97 Å². The van der Waals surface area contributed by atoms with Gasteiger partial charge in [-0.05, 0) is 32.9 Å². The Labute approximate surface area is 106 Å². The van der Waals surface area contributed by atoms with Gasteiger partial charge in [0.15, 0.2) is 0 Å². The predicted molar refractivity (Wildman–Crippen MR) is 68.1 cm³/mol. The maximum absolute atomic E-state index is 12.0. The second-order valence-electron chi connectivity index (χ2n) is 4.82. The van der Waals surface area contributed by atoms with Crippen molar-refractivity contribution in [1.82, 2.24) is 10.3 Å². The number of carboxylic acid groups (broad SMARTS) is 1. The van der Waals surface area contributed by atoms with E-state index in [0.29, 0.717) is 5.56 Å². The molecule has 18 heavy (non-hydrogen) atoms. The topological polar surface area (TPSA) is 79.3 Å². The molecule has 1 amide bonds. The molecule has 0 spiro atoms. The van der Waals surface area contributed by atoms with Crippen molar-refractivity contribution in [3.8, 4) is 0 Å². The van der Waals surface area contributed by atoms with Crippen molar-refractivity contribution in [1.29, 1.82) is 0 Å². The third kappa shape index (κ3) is 4.37. The monoisotopic (exact) mass is 248 g/mol. The van der Waals surface area contributed by atoms with Gasteiger partial charge in [0.25, 0.3) is 5.91 Å². The zero-order valence-corrected chi connectivity index (χ0v) is 10.6. The minimum atomic E-state index is -1.07. The van der Waals surface area contributed by atoms with Crippen LogP contribution in [-0.4, -0.2) is 27.5 Å². The molecule has 96 valence electrons. The first kappa shape index (κ1) is 13.9. The van der Waals surface area contributed by atoms with Crippen LogP contribution in [-0.2, 0) is 4.79 Å². The van der Waals surface area contributed by atoms with E-state index in [-0.39, 0.29) is 17.1 Å². The molecule has 0 aromatic carbocycles. The van der Waals surface area contributed by atoms with E-state index in [1.54, 1.807) is 12.1 Å². The highest BCUT2D eigenvalue weighted by molar-refractivity contribution is 5.97. The van der Waals surface area contributed by atoms with Crippen LogP contribution < -0.4 is 5.32 Å². The molecular formula is C13H16N2O3. The molecular weight excluding hydrogens is 232 g/mol. The summed E-state index contributed by atoms with van der Waals surface area (Å²) in [7, 11) is 0. The first-order chi connectivity index (χ1) is 8.29. The molecule has 0 radical (unpaired) electrons. The summed E-state index contributed by atoms with van der Waals surface area (Å²) in [6.45, 7) is 5.59. The first-order valence-electron chi connectivity index (χ1n) is 5.48. The van der Waals surface area contributed by atoms with Crippen LogP contribution in [0.5, 0.6) is 0 Å². The number of carbonyl (C=O) groups excluding carboxylic acids is 1. The predicted octanol–water partition coefficient (Wildman–Crippen LogP) is 1.71. The fourth-order valence-corrected chi connectivity index (χ4v) is 1.30. The molecule has 1 heterocycles. The van der Waals surface area contributed by atoms with E-state index in [1.807, 2.05) is 20.8 Å². The molecule has 0 aliphatic heterocycles. The number of carboxylic acids is 1. The highest BCUT2D eigenvalue weighted by Crippen LogP contribution is 2.10. The molecule has 0 saturated heterocycles. The van der Waals surface area contributed by atoms with E-state index in [0.717, 1.165) is 6.08 Å². The van der Waals surface area contributed by atoms with E-state index in [4.69, 9.17) is 5.11 Å². The molecule has 0 aliphatic rings. The minimum absolute atomic E-state index is 0.213. The fraction of sp³-hybridized carbons (Fsp3) is 0.308. The summed E-state index contributed by atoms with van der Waals surface area (Å²) in [5.41, 5.74) is 0.314. The maximum atomic E-state index is 12.0. The van der Waals surface area contributed by atoms with Gasteiger partial charge in [0.2, 0.25) is 0 Å². The van der Waals surface area contributed by atoms with Crippen LogP contribution in [0.25, 0.3) is 6.08 Å². The SMILES string of the molecule is CC(C)(C)NC(=O)c1ncccc1/C=C/C(=O)O. The van der Waals surface area contributed by atoms with Gasteiger partial charge in [-0.25, -0.2) is 4.79 Å². The van der Waals surface area contributed by atoms with Gasteiger partial charge in [-0.1, -0.05) is 6.07 Å². The Bertz CT molecular complexity index is 487. The molecule has 0 bridgehead atoms. The van der Waals surface area contributed by atoms with Gasteiger partial charge in [-0.3, -0.25) is 9.78 Å². The summed E-state index contributed by atoms with van der Waals surface area (Å²) < 4.78 is 0. The lowest BCUT2D eigenvalue weighted by molar-refractivity contribution is -0.131. The lowest BCUT2D eigenvalue weighted by atomic mass is 10.1. The standard InChI is InChI=1S/C13H16N2O3/c1-13(2,3)15-12(18)11-9(5-4-8-14-11)6-7-10(16)17/h4-8H,1-3H3,(H,15,18)(H,16,17)/b7-6+. The molecule has 1 rings (SSSR count). The van der Waals surface area contributed by atoms with E-state index in [2.05, 4.69) is 10.3 Å². The van der Waals surface area contributed by atoms with E-state index >= 15 is 0 Å². The summed E-state index contributed by atoms with van der Waals surface area (Å²) in [4.78, 5) is 26.4. The highest BCUT2D eigenvalue weighted by Gasteiger charge is 2.18. The van der Waals surface area contributed by atoms with Crippen molar-refractivity contribution >= 4 is 18.0 Å². The zero-order valence-electron chi connectivity index (χ0n) is 10.6. The highest BCUT2D eigenvalue weighted by atomic mass is 16.4. The van der Waals surface area contributed by atoms with Gasteiger partial charge in [0.1, 0.15) is 5.69 Å². The van der Waals surface area contributed by atoms with Crippen LogP contribution >= 0.6 is 0 Å². The quantitative estimate of drug-likeness (QED) is 0.798. The van der Waals surface area contributed by atoms with Crippen molar-refractivity contribution in [2.75, 3.05) is 0 Å². The number of rotatable bonds is 3. The molecule has 2 N–H and O–H groups in total. The van der Waals surface area contributed by atoms with Crippen molar-refractivity contribution in [3.05, 3.63) is 35.7 Å². The van der Waals surface area contributed by atoms with Crippen LogP contribution in [0.4, 0.5) is 0 Å². The number of nitrogens with one attached hydrogen (secondary N) is 1. The van der Waals surface area contributed by atoms with Gasteiger partial charge in [-0.15, -0.1) is 0 Å². The van der Waals surface area contributed by atoms with E-state index in [9.17, 15) is 9.59 Å². The normalized spacial score (nSPS) is 11.5. The second kappa shape index (κ2) is 5.44. The molecule has 0 atom stereocenters. The zero-order chi connectivity index (χ0) is 13.8. The van der Waals surface area contributed by atoms with Gasteiger partial charge in [0, 0.05) is 23.4 Å². The van der Waals surface area contributed by atoms with Crippen molar-refractivity contribution in [2.24, 2.45) is 0 Å².